The van der Waals surface area contributed by atoms with Gasteiger partial charge in [-0.05, 0) is 68.2 Å². The molecule has 2 aliphatic heterocycles. The molecule has 44 heavy (non-hydrogen) atoms. The molecular formula is C33H43F2N3O6. The number of methoxy groups -OCH3 is 1. The lowest BCUT2D eigenvalue weighted by Gasteiger charge is -2.35. The Morgan fingerprint density at radius 3 is 2.57 bits per heavy atom. The molecule has 1 saturated heterocycles. The molecule has 9 nitrogen and oxygen atoms in total. The molecule has 1 aromatic heterocycles. The highest BCUT2D eigenvalue weighted by molar-refractivity contribution is 5.92. The van der Waals surface area contributed by atoms with Crippen LogP contribution in [-0.2, 0) is 20.2 Å². The summed E-state index contributed by atoms with van der Waals surface area (Å²) in [7, 11) is 1.52. The third kappa shape index (κ3) is 6.47. The first-order chi connectivity index (χ1) is 20.7. The Kier molecular flexibility index (Phi) is 8.79. The topological polar surface area (TPSA) is 107 Å². The fourth-order valence-corrected chi connectivity index (χ4v) is 6.66. The zero-order valence-corrected chi connectivity index (χ0v) is 26.3. The molecule has 11 heteroatoms. The van der Waals surface area contributed by atoms with Crippen molar-refractivity contribution in [2.45, 2.75) is 103 Å². The number of fused-ring (bicyclic) bond motifs is 5. The number of amides is 2. The minimum Gasteiger partial charge on any atom is -0.497 e. The molecule has 3 heterocycles. The van der Waals surface area contributed by atoms with Crippen molar-refractivity contribution in [2.24, 2.45) is 17.3 Å². The van der Waals surface area contributed by atoms with E-state index in [0.29, 0.717) is 42.3 Å². The number of ketones is 1. The van der Waals surface area contributed by atoms with Gasteiger partial charge in [-0.1, -0.05) is 34.1 Å². The number of alkyl halides is 2. The summed E-state index contributed by atoms with van der Waals surface area (Å²) in [5.41, 5.74) is -0.783. The molecule has 1 aromatic carbocycles. The molecule has 2 amide bonds. The van der Waals surface area contributed by atoms with Crippen LogP contribution in [0.3, 0.4) is 0 Å². The van der Waals surface area contributed by atoms with E-state index in [1.165, 1.54) is 18.9 Å². The number of hydrogen-bond donors (Lipinski definition) is 1. The summed E-state index contributed by atoms with van der Waals surface area (Å²) in [6.07, 6.45) is 0.366. The van der Waals surface area contributed by atoms with Gasteiger partial charge in [-0.3, -0.25) is 9.59 Å². The summed E-state index contributed by atoms with van der Waals surface area (Å²) in [6.45, 7) is 8.76. The van der Waals surface area contributed by atoms with E-state index in [4.69, 9.17) is 14.2 Å². The van der Waals surface area contributed by atoms with Crippen LogP contribution in [0.15, 0.2) is 24.3 Å². The number of hydrogen-bond acceptors (Lipinski definition) is 7. The smallest absolute Gasteiger partial charge is 0.408 e. The van der Waals surface area contributed by atoms with Crippen LogP contribution < -0.4 is 14.8 Å². The summed E-state index contributed by atoms with van der Waals surface area (Å²) >= 11 is 0. The molecule has 3 aliphatic rings. The molecule has 1 aliphatic carbocycles. The van der Waals surface area contributed by atoms with Gasteiger partial charge < -0.3 is 24.4 Å². The minimum atomic E-state index is -3.29. The van der Waals surface area contributed by atoms with E-state index in [-0.39, 0.29) is 36.5 Å². The second-order valence-corrected chi connectivity index (χ2v) is 13.5. The molecule has 5 rings (SSSR count). The van der Waals surface area contributed by atoms with E-state index in [0.717, 1.165) is 0 Å². The van der Waals surface area contributed by atoms with Crippen molar-refractivity contribution in [1.29, 1.82) is 0 Å². The Hall–Kier alpha value is -3.50. The van der Waals surface area contributed by atoms with Crippen LogP contribution in [-0.4, -0.2) is 65.6 Å². The lowest BCUT2D eigenvalue weighted by atomic mass is 9.85. The number of halogens is 2. The van der Waals surface area contributed by atoms with Gasteiger partial charge in [0.1, 0.15) is 29.7 Å². The quantitative estimate of drug-likeness (QED) is 0.451. The van der Waals surface area contributed by atoms with Gasteiger partial charge in [0, 0.05) is 17.7 Å². The van der Waals surface area contributed by atoms with Crippen LogP contribution in [0.4, 0.5) is 13.6 Å². The normalized spacial score (nSPS) is 29.3. The largest absolute Gasteiger partial charge is 0.497 e. The number of nitrogens with zero attached hydrogens (tertiary/aromatic N) is 2. The van der Waals surface area contributed by atoms with E-state index in [1.54, 1.807) is 24.3 Å². The molecular weight excluding hydrogens is 572 g/mol. The molecule has 240 valence electrons. The highest BCUT2D eigenvalue weighted by Crippen LogP contribution is 2.44. The van der Waals surface area contributed by atoms with Crippen molar-refractivity contribution < 1.29 is 37.4 Å². The summed E-state index contributed by atoms with van der Waals surface area (Å²) in [6, 6.07) is 4.73. The van der Waals surface area contributed by atoms with Gasteiger partial charge in [-0.2, -0.15) is 8.78 Å². The number of carbonyl (C=O) groups excluding carboxylic acids is 3. The first-order valence-corrected chi connectivity index (χ1v) is 15.5. The van der Waals surface area contributed by atoms with Crippen molar-refractivity contribution in [3.8, 4) is 11.5 Å². The number of carbonyl (C=O) groups is 3. The Labute approximate surface area is 257 Å². The second-order valence-electron chi connectivity index (χ2n) is 13.5. The van der Waals surface area contributed by atoms with Gasteiger partial charge in [0.25, 0.3) is 5.92 Å². The lowest BCUT2D eigenvalue weighted by Crippen LogP contribution is -2.57. The number of rotatable bonds is 3. The van der Waals surface area contributed by atoms with E-state index in [9.17, 15) is 14.4 Å². The highest BCUT2D eigenvalue weighted by Gasteiger charge is 2.51. The second kappa shape index (κ2) is 12.1. The minimum absolute atomic E-state index is 0.0171. The molecule has 2 aromatic rings. The molecule has 2 fully saturated rings. The average molecular weight is 616 g/mol. The maximum Gasteiger partial charge on any atom is 0.408 e. The van der Waals surface area contributed by atoms with Gasteiger partial charge in [0.05, 0.1) is 25.2 Å². The van der Waals surface area contributed by atoms with Crippen LogP contribution in [0, 0.1) is 17.3 Å². The number of alkyl carbamates (subject to hydrolysis) is 1. The van der Waals surface area contributed by atoms with Crippen molar-refractivity contribution in [2.75, 3.05) is 13.7 Å². The van der Waals surface area contributed by atoms with Crippen LogP contribution in [0.25, 0.3) is 10.9 Å². The predicted molar refractivity (Wildman–Crippen MR) is 160 cm³/mol. The Morgan fingerprint density at radius 2 is 1.91 bits per heavy atom. The van der Waals surface area contributed by atoms with Gasteiger partial charge >= 0.3 is 6.09 Å². The number of pyridine rings is 1. The molecule has 1 saturated carbocycles. The zero-order valence-electron chi connectivity index (χ0n) is 26.3. The van der Waals surface area contributed by atoms with Gasteiger partial charge in [0.15, 0.2) is 11.5 Å². The number of ether oxygens (including phenoxy) is 3. The fourth-order valence-electron chi connectivity index (χ4n) is 6.66. The maximum atomic E-state index is 16.0. The third-order valence-electron chi connectivity index (χ3n) is 9.19. The summed E-state index contributed by atoms with van der Waals surface area (Å²) in [5.74, 6) is -3.89. The molecule has 1 N–H and O–H groups in total. The van der Waals surface area contributed by atoms with Crippen LogP contribution in [0.1, 0.15) is 78.8 Å². The number of Topliss-reactive ketones (excluding diaryl/α,β-unsaturated/α-hetero) is 1. The van der Waals surface area contributed by atoms with Crippen LogP contribution in [0.5, 0.6) is 11.5 Å². The number of benzene rings is 1. The van der Waals surface area contributed by atoms with E-state index >= 15 is 8.78 Å². The van der Waals surface area contributed by atoms with E-state index < -0.39 is 59.6 Å². The summed E-state index contributed by atoms with van der Waals surface area (Å²) in [5, 5.41) is 3.34. The van der Waals surface area contributed by atoms with Crippen LogP contribution in [0.2, 0.25) is 0 Å². The van der Waals surface area contributed by atoms with Crippen molar-refractivity contribution in [1.82, 2.24) is 15.2 Å². The maximum absolute atomic E-state index is 16.0. The van der Waals surface area contributed by atoms with E-state index in [2.05, 4.69) is 10.3 Å². The number of nitrogens with one attached hydrogen (secondary N) is 1. The SMILES string of the molecule is CC[C@@H]1[C@@H]2CN(C(=O)[C@H](C(C)(C)C)NC(=O)O[C@@H]3C[C@H]3CCCCC(F)(F)c3nc4ccc(OC)cc4cc3O2)[C@@H]1C(C)=O. The average Bonchev–Trinajstić information content (AvgIpc) is 3.58. The molecule has 0 spiro atoms. The highest BCUT2D eigenvalue weighted by atomic mass is 19.3. The Bertz CT molecular complexity index is 1430. The van der Waals surface area contributed by atoms with Crippen molar-refractivity contribution >= 4 is 28.7 Å². The molecule has 6 atom stereocenters. The monoisotopic (exact) mass is 615 g/mol. The zero-order chi connectivity index (χ0) is 32.0. The standard InChI is InChI=1S/C33H43F2N3O6/c1-7-22-26-17-38(27(22)18(2)39)30(40)29(32(3,4)5)37-31(41)44-24-15-19(24)10-8-9-13-33(34,35)28-25(43-26)16-20-14-21(42-6)11-12-23(20)36-28/h11-12,14,16,19,22,24,26-27,29H,7-10,13,15,17H2,1-6H3,(H,37,41)/t19-,22-,24-,26+,27-,29-/m1/s1. The molecule has 2 bridgehead atoms. The molecule has 0 unspecified atom stereocenters. The van der Waals surface area contributed by atoms with Crippen molar-refractivity contribution in [3.05, 3.63) is 30.0 Å². The first-order valence-electron chi connectivity index (χ1n) is 15.5. The molecule has 0 radical (unpaired) electrons. The van der Waals surface area contributed by atoms with Gasteiger partial charge in [0.2, 0.25) is 5.91 Å². The fraction of sp³-hybridized carbons (Fsp3) is 0.636. The number of aromatic nitrogens is 1. The van der Waals surface area contributed by atoms with Crippen molar-refractivity contribution in [3.63, 3.8) is 0 Å². The lowest BCUT2D eigenvalue weighted by molar-refractivity contribution is -0.141. The Balaban J connectivity index is 1.59. The third-order valence-corrected chi connectivity index (χ3v) is 9.19. The Morgan fingerprint density at radius 1 is 1.16 bits per heavy atom. The van der Waals surface area contributed by atoms with Crippen LogP contribution >= 0.6 is 0 Å². The first kappa shape index (κ1) is 31.9. The van der Waals surface area contributed by atoms with Gasteiger partial charge in [-0.15, -0.1) is 0 Å². The van der Waals surface area contributed by atoms with E-state index in [1.807, 2.05) is 27.7 Å². The summed E-state index contributed by atoms with van der Waals surface area (Å²) in [4.78, 5) is 46.0. The predicted octanol–water partition coefficient (Wildman–Crippen LogP) is 6.01. The van der Waals surface area contributed by atoms with Gasteiger partial charge in [-0.25, -0.2) is 9.78 Å². The summed E-state index contributed by atoms with van der Waals surface area (Å²) < 4.78 is 49.3.